The van der Waals surface area contributed by atoms with Crippen molar-refractivity contribution in [3.05, 3.63) is 11.4 Å². The normalized spacial score (nSPS) is 16.9. The second kappa shape index (κ2) is 4.65. The number of amides is 1. The number of hydrogen-bond acceptors (Lipinski definition) is 6. The summed E-state index contributed by atoms with van der Waals surface area (Å²) in [5.41, 5.74) is 11.1. The topological polar surface area (TPSA) is 98.1 Å². The van der Waals surface area contributed by atoms with Gasteiger partial charge in [0.1, 0.15) is 10.6 Å². The number of nitrogens with zero attached hydrogens (tertiary/aromatic N) is 3. The van der Waals surface area contributed by atoms with Crippen LogP contribution in [-0.2, 0) is 4.79 Å². The number of hydrogen-bond donors (Lipinski definition) is 2. The number of nitrogen functional groups attached to an aromatic ring is 1. The standard InChI is InChI=1S/C12H15N5OS/c13-9(18)7-1-4-17(5-2-7)10-8-3-6-19-11(8)16-12(14)15-10/h3,6-7H,1-2,4-5H2,(H2,13,18)(H2,14,15,16). The highest BCUT2D eigenvalue weighted by Crippen LogP contribution is 2.31. The number of aromatic nitrogens is 2. The summed E-state index contributed by atoms with van der Waals surface area (Å²) >= 11 is 1.55. The summed E-state index contributed by atoms with van der Waals surface area (Å²) in [7, 11) is 0. The van der Waals surface area contributed by atoms with Crippen molar-refractivity contribution in [3.63, 3.8) is 0 Å². The average Bonchev–Trinajstić information content (AvgIpc) is 2.85. The molecule has 0 unspecified atom stereocenters. The molecule has 1 fully saturated rings. The van der Waals surface area contributed by atoms with Crippen LogP contribution in [0.3, 0.4) is 0 Å². The maximum Gasteiger partial charge on any atom is 0.223 e. The molecule has 0 bridgehead atoms. The van der Waals surface area contributed by atoms with Crippen LogP contribution in [0.15, 0.2) is 11.4 Å². The zero-order chi connectivity index (χ0) is 13.4. The van der Waals surface area contributed by atoms with Crippen LogP contribution in [0.5, 0.6) is 0 Å². The van der Waals surface area contributed by atoms with E-state index in [0.29, 0.717) is 5.95 Å². The van der Waals surface area contributed by atoms with Crippen LogP contribution >= 0.6 is 11.3 Å². The van der Waals surface area contributed by atoms with Gasteiger partial charge in [-0.1, -0.05) is 0 Å². The molecule has 0 aromatic carbocycles. The second-order valence-corrected chi connectivity index (χ2v) is 5.60. The van der Waals surface area contributed by atoms with Crippen molar-refractivity contribution in [1.82, 2.24) is 9.97 Å². The van der Waals surface area contributed by atoms with E-state index < -0.39 is 0 Å². The van der Waals surface area contributed by atoms with Gasteiger partial charge in [-0.3, -0.25) is 4.79 Å². The number of thiophene rings is 1. The van der Waals surface area contributed by atoms with E-state index in [9.17, 15) is 4.79 Å². The second-order valence-electron chi connectivity index (χ2n) is 4.71. The van der Waals surface area contributed by atoms with Crippen molar-refractivity contribution >= 4 is 39.2 Å². The molecule has 0 atom stereocenters. The molecule has 0 radical (unpaired) electrons. The summed E-state index contributed by atoms with van der Waals surface area (Å²) in [6, 6.07) is 2.01. The van der Waals surface area contributed by atoms with Gasteiger partial charge in [-0.25, -0.2) is 4.98 Å². The quantitative estimate of drug-likeness (QED) is 0.852. The summed E-state index contributed by atoms with van der Waals surface area (Å²) in [5, 5.41) is 3.01. The number of fused-ring (bicyclic) bond motifs is 1. The van der Waals surface area contributed by atoms with Crippen LogP contribution in [0.1, 0.15) is 12.8 Å². The predicted molar refractivity (Wildman–Crippen MR) is 76.0 cm³/mol. The lowest BCUT2D eigenvalue weighted by Crippen LogP contribution is -2.39. The fraction of sp³-hybridized carbons (Fsp3) is 0.417. The van der Waals surface area contributed by atoms with E-state index in [1.54, 1.807) is 11.3 Å². The number of anilines is 2. The Morgan fingerprint density at radius 2 is 2.11 bits per heavy atom. The zero-order valence-electron chi connectivity index (χ0n) is 10.4. The summed E-state index contributed by atoms with van der Waals surface area (Å²) < 4.78 is 0. The van der Waals surface area contributed by atoms with E-state index in [0.717, 1.165) is 42.0 Å². The van der Waals surface area contributed by atoms with Crippen molar-refractivity contribution in [2.24, 2.45) is 11.7 Å². The molecule has 0 aliphatic carbocycles. The molecule has 3 rings (SSSR count). The van der Waals surface area contributed by atoms with Crippen LogP contribution in [0, 0.1) is 5.92 Å². The van der Waals surface area contributed by atoms with Gasteiger partial charge in [-0.2, -0.15) is 4.98 Å². The number of primary amides is 1. The van der Waals surface area contributed by atoms with Gasteiger partial charge in [0.15, 0.2) is 0 Å². The van der Waals surface area contributed by atoms with E-state index >= 15 is 0 Å². The lowest BCUT2D eigenvalue weighted by atomic mass is 9.96. The van der Waals surface area contributed by atoms with Crippen molar-refractivity contribution in [2.75, 3.05) is 23.7 Å². The molecular weight excluding hydrogens is 262 g/mol. The molecule has 1 saturated heterocycles. The Kier molecular flexibility index (Phi) is 2.98. The molecule has 1 amide bonds. The third kappa shape index (κ3) is 2.21. The highest BCUT2D eigenvalue weighted by molar-refractivity contribution is 7.16. The molecule has 1 aliphatic heterocycles. The molecule has 2 aromatic heterocycles. The first-order valence-electron chi connectivity index (χ1n) is 6.20. The number of nitrogens with two attached hydrogens (primary N) is 2. The minimum absolute atomic E-state index is 0.0200. The van der Waals surface area contributed by atoms with Crippen molar-refractivity contribution in [2.45, 2.75) is 12.8 Å². The van der Waals surface area contributed by atoms with Gasteiger partial charge in [0, 0.05) is 19.0 Å². The molecule has 3 heterocycles. The third-order valence-electron chi connectivity index (χ3n) is 3.52. The maximum absolute atomic E-state index is 11.2. The first-order chi connectivity index (χ1) is 9.15. The van der Waals surface area contributed by atoms with Crippen LogP contribution in [0.2, 0.25) is 0 Å². The Morgan fingerprint density at radius 1 is 1.37 bits per heavy atom. The molecule has 4 N–H and O–H groups in total. The van der Waals surface area contributed by atoms with Gasteiger partial charge in [0.25, 0.3) is 0 Å². The fourth-order valence-electron chi connectivity index (χ4n) is 2.47. The molecule has 7 heteroatoms. The molecule has 19 heavy (non-hydrogen) atoms. The van der Waals surface area contributed by atoms with Gasteiger partial charge in [-0.15, -0.1) is 11.3 Å². The third-order valence-corrected chi connectivity index (χ3v) is 4.33. The lowest BCUT2D eigenvalue weighted by molar-refractivity contribution is -0.122. The van der Waals surface area contributed by atoms with E-state index in [-0.39, 0.29) is 11.8 Å². The first kappa shape index (κ1) is 12.2. The maximum atomic E-state index is 11.2. The van der Waals surface area contributed by atoms with Crippen LogP contribution in [0.25, 0.3) is 10.2 Å². The van der Waals surface area contributed by atoms with Crippen molar-refractivity contribution in [3.8, 4) is 0 Å². The van der Waals surface area contributed by atoms with Gasteiger partial charge < -0.3 is 16.4 Å². The molecule has 100 valence electrons. The Bertz CT molecular complexity index is 618. The van der Waals surface area contributed by atoms with Crippen molar-refractivity contribution < 1.29 is 4.79 Å². The largest absolute Gasteiger partial charge is 0.369 e. The molecule has 2 aromatic rings. The number of carbonyl (C=O) groups excluding carboxylic acids is 1. The lowest BCUT2D eigenvalue weighted by Gasteiger charge is -2.31. The first-order valence-corrected chi connectivity index (χ1v) is 7.08. The summed E-state index contributed by atoms with van der Waals surface area (Å²) in [4.78, 5) is 22.8. The molecular formula is C12H15N5OS. The average molecular weight is 277 g/mol. The molecule has 0 spiro atoms. The summed E-state index contributed by atoms with van der Waals surface area (Å²) in [5.74, 6) is 0.935. The fourth-order valence-corrected chi connectivity index (χ4v) is 3.24. The Balaban J connectivity index is 1.89. The molecule has 0 saturated carbocycles. The van der Waals surface area contributed by atoms with E-state index in [2.05, 4.69) is 14.9 Å². The van der Waals surface area contributed by atoms with E-state index in [1.807, 2.05) is 11.4 Å². The van der Waals surface area contributed by atoms with Crippen LogP contribution in [-0.4, -0.2) is 29.0 Å². The van der Waals surface area contributed by atoms with E-state index in [1.165, 1.54) is 0 Å². The number of carbonyl (C=O) groups is 1. The monoisotopic (exact) mass is 277 g/mol. The SMILES string of the molecule is NC(=O)C1CCN(c2nc(N)nc3sccc23)CC1. The number of rotatable bonds is 2. The van der Waals surface area contributed by atoms with Gasteiger partial charge >= 0.3 is 0 Å². The molecule has 1 aliphatic rings. The highest BCUT2D eigenvalue weighted by Gasteiger charge is 2.25. The van der Waals surface area contributed by atoms with Gasteiger partial charge in [0.2, 0.25) is 11.9 Å². The van der Waals surface area contributed by atoms with Crippen LogP contribution in [0.4, 0.5) is 11.8 Å². The Morgan fingerprint density at radius 3 is 2.79 bits per heavy atom. The van der Waals surface area contributed by atoms with E-state index in [4.69, 9.17) is 11.5 Å². The Hall–Kier alpha value is -1.89. The summed E-state index contributed by atoms with van der Waals surface area (Å²) in [6.45, 7) is 1.55. The highest BCUT2D eigenvalue weighted by atomic mass is 32.1. The summed E-state index contributed by atoms with van der Waals surface area (Å²) in [6.07, 6.45) is 1.54. The predicted octanol–water partition coefficient (Wildman–Crippen LogP) is 0.975. The van der Waals surface area contributed by atoms with Gasteiger partial charge in [0.05, 0.1) is 5.39 Å². The molecule has 6 nitrogen and oxygen atoms in total. The Labute approximate surface area is 114 Å². The van der Waals surface area contributed by atoms with Gasteiger partial charge in [-0.05, 0) is 24.3 Å². The van der Waals surface area contributed by atoms with Crippen LogP contribution < -0.4 is 16.4 Å². The van der Waals surface area contributed by atoms with Crippen molar-refractivity contribution in [1.29, 1.82) is 0 Å². The zero-order valence-corrected chi connectivity index (χ0v) is 11.2. The smallest absolute Gasteiger partial charge is 0.223 e. The minimum Gasteiger partial charge on any atom is -0.369 e. The number of piperidine rings is 1. The minimum atomic E-state index is -0.206.